The van der Waals surface area contributed by atoms with Gasteiger partial charge in [0.1, 0.15) is 11.3 Å². The first kappa shape index (κ1) is 11.8. The van der Waals surface area contributed by atoms with Crippen LogP contribution in [0, 0.1) is 0 Å². The Balaban J connectivity index is 3.45. The van der Waals surface area contributed by atoms with Gasteiger partial charge in [-0.15, -0.1) is 0 Å². The second-order valence-electron chi connectivity index (χ2n) is 2.63. The van der Waals surface area contributed by atoms with Crippen LogP contribution in [0.25, 0.3) is 10.4 Å². The van der Waals surface area contributed by atoms with Crippen LogP contribution in [0.5, 0.6) is 5.75 Å². The summed E-state index contributed by atoms with van der Waals surface area (Å²) in [6, 6.07) is 2.54. The van der Waals surface area contributed by atoms with E-state index in [4.69, 9.17) is 15.7 Å². The first-order chi connectivity index (χ1) is 7.38. The molecule has 0 spiro atoms. The zero-order chi connectivity index (χ0) is 12.3. The first-order valence-electron chi connectivity index (χ1n) is 3.76. The van der Waals surface area contributed by atoms with Gasteiger partial charge in [-0.1, -0.05) is 0 Å². The SMILES string of the molecule is [N-]=[N+]=NS(=O)(=O)c1ccc(O)c(C(=O)O)c1. The standard InChI is InChI=1S/C7H5N3O5S/c8-9-10-16(14,15)4-1-2-6(11)5(3-4)7(12)13/h1-3,11H,(H,12,13). The summed E-state index contributed by atoms with van der Waals surface area (Å²) in [6.45, 7) is 0. The zero-order valence-electron chi connectivity index (χ0n) is 7.60. The minimum atomic E-state index is -4.25. The molecule has 2 N–H and O–H groups in total. The van der Waals surface area contributed by atoms with Gasteiger partial charge in [0.15, 0.2) is 0 Å². The van der Waals surface area contributed by atoms with Gasteiger partial charge in [0.2, 0.25) is 0 Å². The third-order valence-electron chi connectivity index (χ3n) is 1.64. The van der Waals surface area contributed by atoms with Crippen molar-refractivity contribution in [3.63, 3.8) is 0 Å². The van der Waals surface area contributed by atoms with Gasteiger partial charge in [-0.25, -0.2) is 13.2 Å². The van der Waals surface area contributed by atoms with Crippen LogP contribution >= 0.6 is 0 Å². The summed E-state index contributed by atoms with van der Waals surface area (Å²) < 4.78 is 25.0. The highest BCUT2D eigenvalue weighted by molar-refractivity contribution is 7.90. The van der Waals surface area contributed by atoms with Crippen molar-refractivity contribution >= 4 is 16.0 Å². The number of carboxylic acids is 1. The van der Waals surface area contributed by atoms with Gasteiger partial charge in [-0.05, 0) is 23.7 Å². The van der Waals surface area contributed by atoms with Gasteiger partial charge in [0.25, 0.3) is 10.0 Å². The molecule has 0 heterocycles. The molecule has 0 aliphatic rings. The molecule has 0 aliphatic carbocycles. The second kappa shape index (κ2) is 4.09. The molecule has 16 heavy (non-hydrogen) atoms. The predicted octanol–water partition coefficient (Wildman–Crippen LogP) is 1.09. The number of carbonyl (C=O) groups is 1. The van der Waals surface area contributed by atoms with E-state index in [1.165, 1.54) is 0 Å². The Morgan fingerprint density at radius 2 is 2.06 bits per heavy atom. The fourth-order valence-electron chi connectivity index (χ4n) is 0.942. The molecule has 0 fully saturated rings. The molecule has 1 aromatic carbocycles. The van der Waals surface area contributed by atoms with Crippen molar-refractivity contribution in [2.45, 2.75) is 4.90 Å². The molecule has 0 saturated carbocycles. The number of hydrogen-bond donors (Lipinski definition) is 2. The van der Waals surface area contributed by atoms with Crippen LogP contribution in [0.1, 0.15) is 10.4 Å². The molecule has 8 nitrogen and oxygen atoms in total. The van der Waals surface area contributed by atoms with Crippen LogP contribution in [-0.4, -0.2) is 24.6 Å². The number of aromatic hydroxyl groups is 1. The van der Waals surface area contributed by atoms with Crippen LogP contribution in [-0.2, 0) is 10.0 Å². The molecule has 0 unspecified atom stereocenters. The van der Waals surface area contributed by atoms with Crippen LogP contribution < -0.4 is 0 Å². The summed E-state index contributed by atoms with van der Waals surface area (Å²) in [5, 5.41) is 17.7. The summed E-state index contributed by atoms with van der Waals surface area (Å²) in [5.41, 5.74) is 7.42. The smallest absolute Gasteiger partial charge is 0.339 e. The number of carboxylic acid groups (broad SMARTS) is 1. The van der Waals surface area contributed by atoms with Gasteiger partial charge in [0, 0.05) is 9.43 Å². The van der Waals surface area contributed by atoms with Gasteiger partial charge >= 0.3 is 5.97 Å². The van der Waals surface area contributed by atoms with Crippen molar-refractivity contribution in [2.24, 2.45) is 4.52 Å². The maximum absolute atomic E-state index is 11.2. The topological polar surface area (TPSA) is 140 Å². The Kier molecular flexibility index (Phi) is 3.02. The van der Waals surface area contributed by atoms with Crippen LogP contribution in [0.3, 0.4) is 0 Å². The Bertz CT molecular complexity index is 588. The highest BCUT2D eigenvalue weighted by Crippen LogP contribution is 2.22. The number of nitrogens with zero attached hydrogens (tertiary/aromatic N) is 3. The van der Waals surface area contributed by atoms with Gasteiger partial charge in [0.05, 0.1) is 4.90 Å². The maximum atomic E-state index is 11.2. The summed E-state index contributed by atoms with van der Waals surface area (Å²) in [4.78, 5) is 12.2. The lowest BCUT2D eigenvalue weighted by molar-refractivity contribution is 0.0693. The molecule has 1 rings (SSSR count). The van der Waals surface area contributed by atoms with Crippen molar-refractivity contribution < 1.29 is 23.4 Å². The molecule has 84 valence electrons. The van der Waals surface area contributed by atoms with E-state index in [2.05, 4.69) is 9.43 Å². The number of phenols is 1. The van der Waals surface area contributed by atoms with E-state index in [0.29, 0.717) is 6.07 Å². The third kappa shape index (κ3) is 2.22. The van der Waals surface area contributed by atoms with E-state index in [-0.39, 0.29) is 0 Å². The van der Waals surface area contributed by atoms with Crippen molar-refractivity contribution in [3.05, 3.63) is 34.2 Å². The highest BCUT2D eigenvalue weighted by Gasteiger charge is 2.17. The lowest BCUT2D eigenvalue weighted by Crippen LogP contribution is -2.01. The van der Waals surface area contributed by atoms with Crippen molar-refractivity contribution in [1.82, 2.24) is 0 Å². The molecule has 0 radical (unpaired) electrons. The number of benzene rings is 1. The molecule has 0 aromatic heterocycles. The number of sulfonamides is 1. The molecule has 0 bridgehead atoms. The Labute approximate surface area is 89.4 Å². The molecule has 9 heteroatoms. The molecule has 0 aliphatic heterocycles. The lowest BCUT2D eigenvalue weighted by atomic mass is 10.2. The zero-order valence-corrected chi connectivity index (χ0v) is 8.42. The fourth-order valence-corrected chi connectivity index (χ4v) is 1.64. The fraction of sp³-hybridized carbons (Fsp3) is 0. The number of azide groups is 1. The van der Waals surface area contributed by atoms with Crippen LogP contribution in [0.4, 0.5) is 0 Å². The maximum Gasteiger partial charge on any atom is 0.339 e. The van der Waals surface area contributed by atoms with Gasteiger partial charge in [-0.3, -0.25) is 0 Å². The molecule has 0 atom stereocenters. The van der Waals surface area contributed by atoms with Crippen LogP contribution in [0.2, 0.25) is 0 Å². The number of hydrogen-bond acceptors (Lipinski definition) is 4. The minimum Gasteiger partial charge on any atom is -0.507 e. The normalized spacial score (nSPS) is 10.5. The third-order valence-corrected chi connectivity index (χ3v) is 2.78. The summed E-state index contributed by atoms with van der Waals surface area (Å²) in [6.07, 6.45) is 0. The van der Waals surface area contributed by atoms with Crippen molar-refractivity contribution in [3.8, 4) is 5.75 Å². The van der Waals surface area contributed by atoms with Gasteiger partial charge < -0.3 is 10.2 Å². The van der Waals surface area contributed by atoms with E-state index in [0.717, 1.165) is 12.1 Å². The summed E-state index contributed by atoms with van der Waals surface area (Å²) in [5.74, 6) is -2.07. The Morgan fingerprint density at radius 3 is 2.56 bits per heavy atom. The minimum absolute atomic E-state index is 0.500. The predicted molar refractivity (Wildman–Crippen MR) is 51.4 cm³/mol. The molecule has 0 saturated heterocycles. The first-order valence-corrected chi connectivity index (χ1v) is 5.20. The van der Waals surface area contributed by atoms with E-state index in [9.17, 15) is 13.2 Å². The van der Waals surface area contributed by atoms with E-state index in [1.54, 1.807) is 0 Å². The lowest BCUT2D eigenvalue weighted by Gasteiger charge is -2.01. The number of rotatable bonds is 3. The van der Waals surface area contributed by atoms with E-state index in [1.807, 2.05) is 0 Å². The highest BCUT2D eigenvalue weighted by atomic mass is 32.2. The van der Waals surface area contributed by atoms with E-state index < -0.39 is 32.2 Å². The molecular weight excluding hydrogens is 238 g/mol. The number of aromatic carboxylic acids is 1. The molecular formula is C7H5N3O5S. The van der Waals surface area contributed by atoms with E-state index >= 15 is 0 Å². The monoisotopic (exact) mass is 243 g/mol. The summed E-state index contributed by atoms with van der Waals surface area (Å²) >= 11 is 0. The van der Waals surface area contributed by atoms with Gasteiger partial charge in [-0.2, -0.15) is 0 Å². The Hall–Kier alpha value is -2.25. The Morgan fingerprint density at radius 1 is 1.44 bits per heavy atom. The van der Waals surface area contributed by atoms with Crippen molar-refractivity contribution in [1.29, 1.82) is 0 Å². The average Bonchev–Trinajstić information content (AvgIpc) is 2.17. The molecule has 0 amide bonds. The molecule has 1 aromatic rings. The average molecular weight is 243 g/mol. The van der Waals surface area contributed by atoms with Crippen molar-refractivity contribution in [2.75, 3.05) is 0 Å². The summed E-state index contributed by atoms with van der Waals surface area (Å²) in [7, 11) is -4.25. The largest absolute Gasteiger partial charge is 0.507 e. The second-order valence-corrected chi connectivity index (χ2v) is 4.22. The van der Waals surface area contributed by atoms with Crippen LogP contribution in [0.15, 0.2) is 27.6 Å². The quantitative estimate of drug-likeness (QED) is 0.464.